The van der Waals surface area contributed by atoms with Crippen LogP contribution in [0.25, 0.3) is 0 Å². The van der Waals surface area contributed by atoms with E-state index in [1.165, 1.54) is 19.2 Å². The molecule has 5 nitrogen and oxygen atoms in total. The number of halogens is 3. The lowest BCUT2D eigenvalue weighted by molar-refractivity contribution is 0.0944. The molecule has 0 spiro atoms. The standard InChI is InChI=1S/C23H17ClF2N2O3/c1-30-22-10-15(4-9-21(22)31-13-14-2-5-16(24)6-3-14)23(29)28-20(12-27)18-8-7-17(25)11-19(18)26/h2-11,20H,13H2,1H3,(H,28,29). The number of amides is 1. The van der Waals surface area contributed by atoms with Crippen molar-refractivity contribution in [3.8, 4) is 17.6 Å². The van der Waals surface area contributed by atoms with Crippen LogP contribution in [0, 0.1) is 23.0 Å². The van der Waals surface area contributed by atoms with Crippen LogP contribution in [-0.4, -0.2) is 13.0 Å². The van der Waals surface area contributed by atoms with Gasteiger partial charge in [-0.15, -0.1) is 0 Å². The van der Waals surface area contributed by atoms with Crippen molar-refractivity contribution in [3.63, 3.8) is 0 Å². The minimum atomic E-state index is -1.29. The summed E-state index contributed by atoms with van der Waals surface area (Å²) in [5.74, 6) is -1.60. The highest BCUT2D eigenvalue weighted by Gasteiger charge is 2.20. The van der Waals surface area contributed by atoms with E-state index in [9.17, 15) is 18.8 Å². The summed E-state index contributed by atoms with van der Waals surface area (Å²) in [4.78, 5) is 12.6. The minimum Gasteiger partial charge on any atom is -0.493 e. The first-order valence-electron chi connectivity index (χ1n) is 9.12. The average Bonchev–Trinajstić information content (AvgIpc) is 2.77. The molecule has 0 aliphatic carbocycles. The molecular weight excluding hydrogens is 426 g/mol. The van der Waals surface area contributed by atoms with Gasteiger partial charge in [0.1, 0.15) is 24.3 Å². The number of benzene rings is 3. The van der Waals surface area contributed by atoms with Crippen LogP contribution in [0.3, 0.4) is 0 Å². The molecule has 0 saturated heterocycles. The maximum absolute atomic E-state index is 14.0. The van der Waals surface area contributed by atoms with Gasteiger partial charge in [0.05, 0.1) is 13.2 Å². The Bertz CT molecular complexity index is 1130. The third-order valence-electron chi connectivity index (χ3n) is 4.41. The van der Waals surface area contributed by atoms with Gasteiger partial charge in [-0.25, -0.2) is 8.78 Å². The largest absolute Gasteiger partial charge is 0.493 e. The maximum atomic E-state index is 14.0. The number of nitriles is 1. The van der Waals surface area contributed by atoms with Crippen molar-refractivity contribution in [1.29, 1.82) is 5.26 Å². The average molecular weight is 443 g/mol. The van der Waals surface area contributed by atoms with E-state index in [4.69, 9.17) is 21.1 Å². The molecular formula is C23H17ClF2N2O3. The van der Waals surface area contributed by atoms with Gasteiger partial charge in [-0.2, -0.15) is 5.26 Å². The number of nitrogens with zero attached hydrogens (tertiary/aromatic N) is 1. The fraction of sp³-hybridized carbons (Fsp3) is 0.130. The lowest BCUT2D eigenvalue weighted by Crippen LogP contribution is -2.28. The number of carbonyl (C=O) groups excluding carboxylic acids is 1. The normalized spacial score (nSPS) is 11.3. The van der Waals surface area contributed by atoms with E-state index in [0.717, 1.165) is 17.7 Å². The molecule has 0 aliphatic rings. The molecule has 1 amide bonds. The summed E-state index contributed by atoms with van der Waals surface area (Å²) >= 11 is 5.87. The lowest BCUT2D eigenvalue weighted by atomic mass is 10.1. The number of rotatable bonds is 7. The molecule has 0 bridgehead atoms. The molecule has 1 unspecified atom stereocenters. The molecule has 31 heavy (non-hydrogen) atoms. The van der Waals surface area contributed by atoms with Crippen molar-refractivity contribution < 1.29 is 23.0 Å². The second-order valence-corrected chi connectivity index (χ2v) is 6.92. The predicted molar refractivity (Wildman–Crippen MR) is 111 cm³/mol. The van der Waals surface area contributed by atoms with Gasteiger partial charge in [-0.05, 0) is 42.0 Å². The topological polar surface area (TPSA) is 71.3 Å². The first-order valence-corrected chi connectivity index (χ1v) is 9.49. The summed E-state index contributed by atoms with van der Waals surface area (Å²) in [6.07, 6.45) is 0. The molecule has 3 aromatic carbocycles. The molecule has 0 fully saturated rings. The summed E-state index contributed by atoms with van der Waals surface area (Å²) in [5, 5.41) is 12.4. The van der Waals surface area contributed by atoms with Crippen LogP contribution in [0.4, 0.5) is 8.78 Å². The molecule has 1 atom stereocenters. The molecule has 158 valence electrons. The Hall–Kier alpha value is -3.63. The van der Waals surface area contributed by atoms with Crippen molar-refractivity contribution in [3.05, 3.63) is 94.0 Å². The second kappa shape index (κ2) is 9.92. The van der Waals surface area contributed by atoms with Gasteiger partial charge in [0, 0.05) is 22.2 Å². The fourth-order valence-corrected chi connectivity index (χ4v) is 2.93. The number of hydrogen-bond donors (Lipinski definition) is 1. The zero-order valence-electron chi connectivity index (χ0n) is 16.4. The van der Waals surface area contributed by atoms with E-state index >= 15 is 0 Å². The zero-order valence-corrected chi connectivity index (χ0v) is 17.1. The monoisotopic (exact) mass is 442 g/mol. The Kier molecular flexibility index (Phi) is 7.06. The number of ether oxygens (including phenoxy) is 2. The van der Waals surface area contributed by atoms with Crippen LogP contribution >= 0.6 is 11.6 Å². The van der Waals surface area contributed by atoms with Crippen molar-refractivity contribution in [2.45, 2.75) is 12.6 Å². The van der Waals surface area contributed by atoms with Gasteiger partial charge in [-0.1, -0.05) is 29.8 Å². The van der Waals surface area contributed by atoms with E-state index in [1.54, 1.807) is 24.3 Å². The van der Waals surface area contributed by atoms with E-state index in [-0.39, 0.29) is 17.7 Å². The van der Waals surface area contributed by atoms with E-state index in [1.807, 2.05) is 12.1 Å². The first kappa shape index (κ1) is 22.1. The first-order chi connectivity index (χ1) is 14.9. The Morgan fingerprint density at radius 3 is 2.48 bits per heavy atom. The van der Waals surface area contributed by atoms with Gasteiger partial charge in [0.15, 0.2) is 11.5 Å². The fourth-order valence-electron chi connectivity index (χ4n) is 2.80. The second-order valence-electron chi connectivity index (χ2n) is 6.48. The van der Waals surface area contributed by atoms with E-state index in [2.05, 4.69) is 5.32 Å². The third-order valence-corrected chi connectivity index (χ3v) is 4.66. The number of hydrogen-bond acceptors (Lipinski definition) is 4. The smallest absolute Gasteiger partial charge is 0.252 e. The van der Waals surface area contributed by atoms with Crippen LogP contribution in [-0.2, 0) is 6.61 Å². The van der Waals surface area contributed by atoms with Crippen LogP contribution in [0.1, 0.15) is 27.5 Å². The van der Waals surface area contributed by atoms with Gasteiger partial charge >= 0.3 is 0 Å². The van der Waals surface area contributed by atoms with Crippen molar-refractivity contribution >= 4 is 17.5 Å². The van der Waals surface area contributed by atoms with Crippen LogP contribution in [0.15, 0.2) is 60.7 Å². The van der Waals surface area contributed by atoms with Gasteiger partial charge < -0.3 is 14.8 Å². The Labute approximate surface area is 182 Å². The molecule has 0 saturated carbocycles. The Morgan fingerprint density at radius 1 is 1.10 bits per heavy atom. The zero-order chi connectivity index (χ0) is 22.4. The maximum Gasteiger partial charge on any atom is 0.252 e. The van der Waals surface area contributed by atoms with Crippen LogP contribution in [0.5, 0.6) is 11.5 Å². The molecule has 3 rings (SSSR count). The summed E-state index contributed by atoms with van der Waals surface area (Å²) in [6, 6.07) is 15.0. The molecule has 1 N–H and O–H groups in total. The lowest BCUT2D eigenvalue weighted by Gasteiger charge is -2.15. The molecule has 0 aromatic heterocycles. The van der Waals surface area contributed by atoms with Gasteiger partial charge in [0.25, 0.3) is 5.91 Å². The van der Waals surface area contributed by atoms with E-state index < -0.39 is 23.6 Å². The Balaban J connectivity index is 1.73. The Morgan fingerprint density at radius 2 is 1.84 bits per heavy atom. The SMILES string of the molecule is COc1cc(C(=O)NC(C#N)c2ccc(F)cc2F)ccc1OCc1ccc(Cl)cc1. The summed E-state index contributed by atoms with van der Waals surface area (Å²) in [7, 11) is 1.43. The number of methoxy groups -OCH3 is 1. The molecule has 0 aliphatic heterocycles. The minimum absolute atomic E-state index is 0.132. The highest BCUT2D eigenvalue weighted by molar-refractivity contribution is 6.30. The quantitative estimate of drug-likeness (QED) is 0.546. The highest BCUT2D eigenvalue weighted by Crippen LogP contribution is 2.29. The number of nitrogens with one attached hydrogen (secondary N) is 1. The van der Waals surface area contributed by atoms with Gasteiger partial charge in [-0.3, -0.25) is 4.79 Å². The van der Waals surface area contributed by atoms with Crippen LogP contribution < -0.4 is 14.8 Å². The summed E-state index contributed by atoms with van der Waals surface area (Å²) < 4.78 is 38.1. The molecule has 0 heterocycles. The van der Waals surface area contributed by atoms with Crippen LogP contribution in [0.2, 0.25) is 5.02 Å². The van der Waals surface area contributed by atoms with Crippen molar-refractivity contribution in [2.24, 2.45) is 0 Å². The highest BCUT2D eigenvalue weighted by atomic mass is 35.5. The van der Waals surface area contributed by atoms with Crippen molar-refractivity contribution in [2.75, 3.05) is 7.11 Å². The predicted octanol–water partition coefficient (Wildman–Crippen LogP) is 5.20. The summed E-state index contributed by atoms with van der Waals surface area (Å²) in [5.41, 5.74) is 0.942. The third kappa shape index (κ3) is 5.50. The molecule has 8 heteroatoms. The summed E-state index contributed by atoms with van der Waals surface area (Å²) in [6.45, 7) is 0.263. The number of carbonyl (C=O) groups is 1. The molecule has 0 radical (unpaired) electrons. The van der Waals surface area contributed by atoms with Gasteiger partial charge in [0.2, 0.25) is 0 Å². The van der Waals surface area contributed by atoms with E-state index in [0.29, 0.717) is 22.6 Å². The van der Waals surface area contributed by atoms with Crippen molar-refractivity contribution in [1.82, 2.24) is 5.32 Å². The molecule has 3 aromatic rings.